The number of nitrogens with one attached hydrogen (secondary N) is 2. The topological polar surface area (TPSA) is 115 Å². The van der Waals surface area contributed by atoms with Crippen LogP contribution >= 0.6 is 0 Å². The average molecular weight is 371 g/mol. The molecule has 0 spiro atoms. The summed E-state index contributed by atoms with van der Waals surface area (Å²) in [5.74, 6) is 0.780. The second kappa shape index (κ2) is 13.2. The summed E-state index contributed by atoms with van der Waals surface area (Å²) < 4.78 is 5.68. The quantitative estimate of drug-likeness (QED) is 0.239. The van der Waals surface area contributed by atoms with Crippen molar-refractivity contribution < 1.29 is 14.9 Å². The van der Waals surface area contributed by atoms with Crippen LogP contribution in [0.15, 0.2) is 11.3 Å². The van der Waals surface area contributed by atoms with Crippen LogP contribution in [0.25, 0.3) is 0 Å². The summed E-state index contributed by atoms with van der Waals surface area (Å²) >= 11 is 0. The molecule has 1 aliphatic rings. The molecule has 1 fully saturated rings. The minimum atomic E-state index is -0.692. The molecular weight excluding hydrogens is 332 g/mol. The highest BCUT2D eigenvalue weighted by Crippen LogP contribution is 2.33. The zero-order valence-electron chi connectivity index (χ0n) is 16.4. The number of rotatable bonds is 13. The third-order valence-electron chi connectivity index (χ3n) is 5.11. The Labute approximate surface area is 158 Å². The van der Waals surface area contributed by atoms with Gasteiger partial charge in [0, 0.05) is 50.3 Å². The van der Waals surface area contributed by atoms with Gasteiger partial charge in [0.25, 0.3) is 0 Å². The predicted molar refractivity (Wildman–Crippen MR) is 105 cm³/mol. The van der Waals surface area contributed by atoms with Crippen molar-refractivity contribution in [2.75, 3.05) is 53.6 Å². The Bertz CT molecular complexity index is 431. The van der Waals surface area contributed by atoms with Crippen molar-refractivity contribution in [1.29, 1.82) is 5.41 Å². The SMILES string of the molecule is CNCCN(C)CC(C=N)=C(N)C1CCCC(COCCC(O)CO)C1. The van der Waals surface area contributed by atoms with Crippen molar-refractivity contribution in [3.63, 3.8) is 0 Å². The van der Waals surface area contributed by atoms with E-state index >= 15 is 0 Å². The Morgan fingerprint density at radius 3 is 2.88 bits per heavy atom. The molecule has 0 saturated heterocycles. The first-order valence-corrected chi connectivity index (χ1v) is 9.70. The number of nitrogens with two attached hydrogens (primary N) is 1. The van der Waals surface area contributed by atoms with Crippen molar-refractivity contribution in [3.8, 4) is 0 Å². The Morgan fingerprint density at radius 2 is 2.23 bits per heavy atom. The smallest absolute Gasteiger partial charge is 0.0792 e. The Kier molecular flexibility index (Phi) is 11.7. The maximum atomic E-state index is 9.34. The fourth-order valence-electron chi connectivity index (χ4n) is 3.44. The highest BCUT2D eigenvalue weighted by Gasteiger charge is 2.25. The van der Waals surface area contributed by atoms with Gasteiger partial charge in [0.05, 0.1) is 12.7 Å². The van der Waals surface area contributed by atoms with Crippen molar-refractivity contribution in [2.45, 2.75) is 38.2 Å². The summed E-state index contributed by atoms with van der Waals surface area (Å²) in [7, 11) is 3.98. The first-order valence-electron chi connectivity index (χ1n) is 9.70. The maximum absolute atomic E-state index is 9.34. The summed E-state index contributed by atoms with van der Waals surface area (Å²) in [6.45, 7) is 3.46. The molecule has 7 heteroatoms. The van der Waals surface area contributed by atoms with Crippen LogP contribution in [0.4, 0.5) is 0 Å². The minimum absolute atomic E-state index is 0.217. The van der Waals surface area contributed by atoms with Gasteiger partial charge >= 0.3 is 0 Å². The number of aliphatic hydroxyl groups excluding tert-OH is 2. The molecule has 26 heavy (non-hydrogen) atoms. The van der Waals surface area contributed by atoms with Crippen molar-refractivity contribution in [2.24, 2.45) is 17.6 Å². The van der Waals surface area contributed by atoms with Crippen LogP contribution in [-0.4, -0.2) is 81.0 Å². The first kappa shape index (κ1) is 23.0. The third kappa shape index (κ3) is 8.60. The number of hydrogen-bond donors (Lipinski definition) is 5. The van der Waals surface area contributed by atoms with Crippen LogP contribution in [0.5, 0.6) is 0 Å². The zero-order chi connectivity index (χ0) is 19.4. The van der Waals surface area contributed by atoms with Gasteiger partial charge in [0.2, 0.25) is 0 Å². The van der Waals surface area contributed by atoms with Crippen LogP contribution in [0, 0.1) is 17.2 Å². The Morgan fingerprint density at radius 1 is 1.46 bits per heavy atom. The van der Waals surface area contributed by atoms with E-state index in [1.54, 1.807) is 0 Å². The van der Waals surface area contributed by atoms with Gasteiger partial charge in [-0.25, -0.2) is 0 Å². The predicted octanol–water partition coefficient (Wildman–Crippen LogP) is 0.566. The van der Waals surface area contributed by atoms with Gasteiger partial charge in [-0.3, -0.25) is 0 Å². The van der Waals surface area contributed by atoms with Gasteiger partial charge in [-0.1, -0.05) is 6.42 Å². The zero-order valence-corrected chi connectivity index (χ0v) is 16.4. The maximum Gasteiger partial charge on any atom is 0.0792 e. The van der Waals surface area contributed by atoms with Gasteiger partial charge in [-0.05, 0) is 51.6 Å². The molecule has 0 heterocycles. The minimum Gasteiger partial charge on any atom is -0.402 e. The molecule has 0 bridgehead atoms. The van der Waals surface area contributed by atoms with Gasteiger partial charge in [0.15, 0.2) is 0 Å². The second-order valence-corrected chi connectivity index (χ2v) is 7.40. The molecule has 152 valence electrons. The molecular formula is C19H38N4O3. The van der Waals surface area contributed by atoms with E-state index in [2.05, 4.69) is 10.2 Å². The first-order chi connectivity index (χ1) is 12.5. The van der Waals surface area contributed by atoms with Gasteiger partial charge in [0.1, 0.15) is 0 Å². The highest BCUT2D eigenvalue weighted by atomic mass is 16.5. The molecule has 0 amide bonds. The fourth-order valence-corrected chi connectivity index (χ4v) is 3.44. The van der Waals surface area contributed by atoms with Gasteiger partial charge in [-0.2, -0.15) is 0 Å². The Balaban J connectivity index is 2.50. The largest absolute Gasteiger partial charge is 0.402 e. The van der Waals surface area contributed by atoms with E-state index in [0.29, 0.717) is 38.0 Å². The molecule has 0 aliphatic heterocycles. The van der Waals surface area contributed by atoms with Crippen LogP contribution in [-0.2, 0) is 4.74 Å². The van der Waals surface area contributed by atoms with Crippen molar-refractivity contribution in [1.82, 2.24) is 10.2 Å². The highest BCUT2D eigenvalue weighted by molar-refractivity contribution is 5.77. The summed E-state index contributed by atoms with van der Waals surface area (Å²) in [6, 6.07) is 0. The van der Waals surface area contributed by atoms with E-state index in [4.69, 9.17) is 21.0 Å². The average Bonchev–Trinajstić information content (AvgIpc) is 2.67. The number of ether oxygens (including phenoxy) is 1. The molecule has 1 rings (SSSR count). The monoisotopic (exact) mass is 370 g/mol. The van der Waals surface area contributed by atoms with Crippen LogP contribution < -0.4 is 11.1 Å². The van der Waals surface area contributed by atoms with Crippen molar-refractivity contribution >= 4 is 6.21 Å². The fraction of sp³-hybridized carbons (Fsp3) is 0.842. The molecule has 0 aromatic carbocycles. The number of nitrogens with zero attached hydrogens (tertiary/aromatic N) is 1. The summed E-state index contributed by atoms with van der Waals surface area (Å²) in [5.41, 5.74) is 8.22. The lowest BCUT2D eigenvalue weighted by molar-refractivity contribution is 0.0310. The molecule has 0 aromatic heterocycles. The molecule has 3 unspecified atom stereocenters. The van der Waals surface area contributed by atoms with Gasteiger partial charge < -0.3 is 36.3 Å². The Hall–Kier alpha value is -0.990. The number of hydrogen-bond acceptors (Lipinski definition) is 7. The molecule has 0 radical (unpaired) electrons. The lowest BCUT2D eigenvalue weighted by atomic mass is 9.79. The molecule has 0 aromatic rings. The standard InChI is InChI=1S/C19H38N4O3/c1-22-7-8-23(2)12-17(11-20)19(21)16-5-3-4-15(10-16)14-26-9-6-18(25)13-24/h11,15-16,18,20,22,24-25H,3-10,12-14,21H2,1-2H3. The van der Waals surface area contributed by atoms with E-state index < -0.39 is 6.10 Å². The van der Waals surface area contributed by atoms with E-state index in [1.807, 2.05) is 14.1 Å². The number of aliphatic hydroxyl groups is 2. The summed E-state index contributed by atoms with van der Waals surface area (Å²) in [5, 5.41) is 29.0. The van der Waals surface area contributed by atoms with Crippen molar-refractivity contribution in [3.05, 3.63) is 11.3 Å². The molecule has 7 nitrogen and oxygen atoms in total. The lowest BCUT2D eigenvalue weighted by Gasteiger charge is -2.31. The second-order valence-electron chi connectivity index (χ2n) is 7.40. The molecule has 6 N–H and O–H groups in total. The van der Waals surface area contributed by atoms with E-state index in [9.17, 15) is 5.11 Å². The summed E-state index contributed by atoms with van der Waals surface area (Å²) in [6.07, 6.45) is 5.50. The van der Waals surface area contributed by atoms with E-state index in [1.165, 1.54) is 6.21 Å². The van der Waals surface area contributed by atoms with E-state index in [0.717, 1.165) is 50.0 Å². The molecule has 3 atom stereocenters. The molecule has 1 saturated carbocycles. The van der Waals surface area contributed by atoms with E-state index in [-0.39, 0.29) is 6.61 Å². The molecule has 1 aliphatic carbocycles. The van der Waals surface area contributed by atoms with Crippen LogP contribution in [0.3, 0.4) is 0 Å². The number of allylic oxidation sites excluding steroid dienone is 1. The van der Waals surface area contributed by atoms with Crippen LogP contribution in [0.2, 0.25) is 0 Å². The number of likely N-dealkylation sites (N-methyl/N-ethyl adjacent to an activating group) is 2. The normalized spacial score (nSPS) is 23.0. The van der Waals surface area contributed by atoms with Gasteiger partial charge in [-0.15, -0.1) is 0 Å². The summed E-state index contributed by atoms with van der Waals surface area (Å²) in [4.78, 5) is 2.18. The van der Waals surface area contributed by atoms with Crippen LogP contribution in [0.1, 0.15) is 32.1 Å². The lowest BCUT2D eigenvalue weighted by Crippen LogP contribution is -2.32. The third-order valence-corrected chi connectivity index (χ3v) is 5.11.